The van der Waals surface area contributed by atoms with Crippen LogP contribution in [0, 0.1) is 17.8 Å². The van der Waals surface area contributed by atoms with Crippen LogP contribution in [0.25, 0.3) is 0 Å². The number of aliphatic carboxylic acids is 1. The van der Waals surface area contributed by atoms with Gasteiger partial charge in [0.05, 0.1) is 19.1 Å². The highest BCUT2D eigenvalue weighted by molar-refractivity contribution is 5.83. The van der Waals surface area contributed by atoms with Gasteiger partial charge in [-0.05, 0) is 62.1 Å². The van der Waals surface area contributed by atoms with E-state index in [1.54, 1.807) is 0 Å². The highest BCUT2D eigenvalue weighted by atomic mass is 16.5. The molecule has 0 saturated carbocycles. The predicted octanol–water partition coefficient (Wildman–Crippen LogP) is 8.21. The number of carbonyl (C=O) groups excluding carboxylic acids is 1. The molecule has 40 heavy (non-hydrogen) atoms. The summed E-state index contributed by atoms with van der Waals surface area (Å²) in [5, 5.41) is 10.5. The number of carboxylic acids is 1. The molecule has 1 N–H and O–H groups in total. The van der Waals surface area contributed by atoms with Gasteiger partial charge in [0.25, 0.3) is 0 Å². The number of rotatable bonds is 19. The van der Waals surface area contributed by atoms with Crippen molar-refractivity contribution in [3.8, 4) is 5.75 Å². The summed E-state index contributed by atoms with van der Waals surface area (Å²) in [5.41, 5.74) is 2.26. The molecule has 2 heterocycles. The lowest BCUT2D eigenvalue weighted by atomic mass is 9.81. The Hall–Kier alpha value is -2.14. The van der Waals surface area contributed by atoms with Crippen molar-refractivity contribution in [1.82, 2.24) is 4.90 Å². The molecule has 3 unspecified atom stereocenters. The number of benzene rings is 1. The van der Waals surface area contributed by atoms with Crippen molar-refractivity contribution < 1.29 is 19.4 Å². The molecule has 1 aromatic rings. The minimum atomic E-state index is -0.731. The molecule has 2 aliphatic rings. The SMILES string of the molecule is C/C=C/CCCCCCC(CCCC)C(=O)CN1C[C@H](c2ccc3c(c2)CCO3)C(C(=O)O)[C@@H]1CC(C)CCC. The number of unbranched alkanes of at least 4 members (excludes halogenated alkanes) is 5. The zero-order chi connectivity index (χ0) is 28.9. The minimum Gasteiger partial charge on any atom is -0.493 e. The number of likely N-dealkylation sites (tertiary alicyclic amines) is 1. The summed E-state index contributed by atoms with van der Waals surface area (Å²) < 4.78 is 5.71. The fourth-order valence-electron chi connectivity index (χ4n) is 7.00. The van der Waals surface area contributed by atoms with Gasteiger partial charge < -0.3 is 9.84 Å². The molecule has 0 amide bonds. The van der Waals surface area contributed by atoms with E-state index in [2.05, 4.69) is 56.9 Å². The Labute approximate surface area is 243 Å². The maximum Gasteiger partial charge on any atom is 0.308 e. The van der Waals surface area contributed by atoms with Gasteiger partial charge >= 0.3 is 5.97 Å². The molecular formula is C35H55NO4. The Morgan fingerprint density at radius 1 is 1.07 bits per heavy atom. The first-order chi connectivity index (χ1) is 19.4. The van der Waals surface area contributed by atoms with Crippen molar-refractivity contribution in [2.45, 2.75) is 123 Å². The van der Waals surface area contributed by atoms with E-state index >= 15 is 0 Å². The molecule has 0 bridgehead atoms. The van der Waals surface area contributed by atoms with Crippen LogP contribution in [-0.4, -0.2) is 47.5 Å². The van der Waals surface area contributed by atoms with E-state index in [-0.39, 0.29) is 17.9 Å². The van der Waals surface area contributed by atoms with Crippen LogP contribution in [0.15, 0.2) is 30.4 Å². The Morgan fingerprint density at radius 3 is 2.58 bits per heavy atom. The van der Waals surface area contributed by atoms with Crippen molar-refractivity contribution in [2.75, 3.05) is 19.7 Å². The van der Waals surface area contributed by atoms with Crippen molar-refractivity contribution in [2.24, 2.45) is 17.8 Å². The Bertz CT molecular complexity index is 957. The second-order valence-electron chi connectivity index (χ2n) is 12.4. The number of allylic oxidation sites excluding steroid dienone is 2. The van der Waals surface area contributed by atoms with Crippen molar-refractivity contribution in [3.63, 3.8) is 0 Å². The molecule has 0 aromatic heterocycles. The van der Waals surface area contributed by atoms with Crippen molar-refractivity contribution in [3.05, 3.63) is 41.5 Å². The summed E-state index contributed by atoms with van der Waals surface area (Å²) in [5.74, 6) is 0.423. The topological polar surface area (TPSA) is 66.8 Å². The fraction of sp³-hybridized carbons (Fsp3) is 0.714. The second-order valence-corrected chi connectivity index (χ2v) is 12.4. The molecule has 0 radical (unpaired) electrons. The van der Waals surface area contributed by atoms with Gasteiger partial charge in [-0.25, -0.2) is 0 Å². The third kappa shape index (κ3) is 9.19. The fourth-order valence-corrected chi connectivity index (χ4v) is 7.00. The first kappa shape index (κ1) is 32.4. The molecule has 5 atom stereocenters. The smallest absolute Gasteiger partial charge is 0.308 e. The summed E-state index contributed by atoms with van der Waals surface area (Å²) in [6.07, 6.45) is 18.2. The van der Waals surface area contributed by atoms with Crippen LogP contribution in [0.4, 0.5) is 0 Å². The lowest BCUT2D eigenvalue weighted by molar-refractivity contribution is -0.143. The Balaban J connectivity index is 1.75. The molecule has 1 fully saturated rings. The van der Waals surface area contributed by atoms with Crippen LogP contribution in [0.1, 0.15) is 122 Å². The third-order valence-corrected chi connectivity index (χ3v) is 9.23. The van der Waals surface area contributed by atoms with E-state index in [4.69, 9.17) is 4.74 Å². The van der Waals surface area contributed by atoms with E-state index in [9.17, 15) is 14.7 Å². The first-order valence-corrected chi connectivity index (χ1v) is 16.3. The van der Waals surface area contributed by atoms with Gasteiger partial charge in [0.15, 0.2) is 0 Å². The van der Waals surface area contributed by atoms with E-state index in [0.29, 0.717) is 31.4 Å². The number of fused-ring (bicyclic) bond motifs is 1. The largest absolute Gasteiger partial charge is 0.493 e. The zero-order valence-corrected chi connectivity index (χ0v) is 25.7. The van der Waals surface area contributed by atoms with Gasteiger partial charge in [0.2, 0.25) is 0 Å². The summed E-state index contributed by atoms with van der Waals surface area (Å²) in [7, 11) is 0. The summed E-state index contributed by atoms with van der Waals surface area (Å²) in [4.78, 5) is 28.9. The Kier molecular flexibility index (Phi) is 13.7. The van der Waals surface area contributed by atoms with Crippen molar-refractivity contribution in [1.29, 1.82) is 0 Å². The average Bonchev–Trinajstić information content (AvgIpc) is 3.54. The van der Waals surface area contributed by atoms with E-state index < -0.39 is 11.9 Å². The zero-order valence-electron chi connectivity index (χ0n) is 25.7. The highest BCUT2D eigenvalue weighted by Gasteiger charge is 2.47. The molecule has 5 nitrogen and oxygen atoms in total. The van der Waals surface area contributed by atoms with Crippen LogP contribution >= 0.6 is 0 Å². The lowest BCUT2D eigenvalue weighted by Gasteiger charge is -2.30. The summed E-state index contributed by atoms with van der Waals surface area (Å²) in [6.45, 7) is 10.4. The molecule has 0 aliphatic carbocycles. The van der Waals surface area contributed by atoms with Crippen LogP contribution in [0.5, 0.6) is 5.75 Å². The van der Waals surface area contributed by atoms with Gasteiger partial charge in [0, 0.05) is 30.8 Å². The second kappa shape index (κ2) is 17.0. The molecule has 2 aliphatic heterocycles. The number of carboxylic acid groups (broad SMARTS) is 1. The third-order valence-electron chi connectivity index (χ3n) is 9.23. The molecule has 224 valence electrons. The predicted molar refractivity (Wildman–Crippen MR) is 164 cm³/mol. The molecule has 5 heteroatoms. The van der Waals surface area contributed by atoms with Crippen LogP contribution in [-0.2, 0) is 16.0 Å². The maximum absolute atomic E-state index is 13.8. The standard InChI is InChI=1S/C35H55NO4/c1-5-8-10-11-12-13-14-17-27(16-9-6-2)32(37)25-36-24-30(28-18-19-33-29(23-28)20-21-40-33)34(35(38)39)31(36)22-26(4)15-7-3/h5,8,18-19,23,26-27,30-31,34H,6-7,9-17,20-22,24-25H2,1-4H3,(H,38,39)/b8-5+/t26?,27?,30-,31+,34?/m1/s1. The minimum absolute atomic E-state index is 0.0867. The lowest BCUT2D eigenvalue weighted by Crippen LogP contribution is -2.41. The van der Waals surface area contributed by atoms with Gasteiger partial charge in [-0.15, -0.1) is 0 Å². The normalized spacial score (nSPS) is 22.4. The molecule has 3 rings (SSSR count). The van der Waals surface area contributed by atoms with Gasteiger partial charge in [-0.3, -0.25) is 14.5 Å². The van der Waals surface area contributed by atoms with Crippen LogP contribution in [0.2, 0.25) is 0 Å². The van der Waals surface area contributed by atoms with Crippen LogP contribution < -0.4 is 4.74 Å². The number of hydrogen-bond donors (Lipinski definition) is 1. The maximum atomic E-state index is 13.8. The molecular weight excluding hydrogens is 498 g/mol. The van der Waals surface area contributed by atoms with Gasteiger partial charge in [-0.1, -0.05) is 90.0 Å². The number of Topliss-reactive ketones (excluding diaryl/α,β-unsaturated/α-hetero) is 1. The number of ketones is 1. The first-order valence-electron chi connectivity index (χ1n) is 16.3. The van der Waals surface area contributed by atoms with E-state index in [0.717, 1.165) is 75.5 Å². The molecule has 0 spiro atoms. The van der Waals surface area contributed by atoms with E-state index in [1.165, 1.54) is 24.8 Å². The number of hydrogen-bond acceptors (Lipinski definition) is 4. The molecule has 1 aromatic carbocycles. The Morgan fingerprint density at radius 2 is 1.85 bits per heavy atom. The summed E-state index contributed by atoms with van der Waals surface area (Å²) in [6, 6.07) is 6.12. The van der Waals surface area contributed by atoms with Gasteiger partial charge in [0.1, 0.15) is 11.5 Å². The molecule has 1 saturated heterocycles. The van der Waals surface area contributed by atoms with Gasteiger partial charge in [-0.2, -0.15) is 0 Å². The average molecular weight is 554 g/mol. The summed E-state index contributed by atoms with van der Waals surface area (Å²) >= 11 is 0. The van der Waals surface area contributed by atoms with Crippen LogP contribution in [0.3, 0.4) is 0 Å². The quantitative estimate of drug-likeness (QED) is 0.138. The van der Waals surface area contributed by atoms with Crippen molar-refractivity contribution >= 4 is 11.8 Å². The number of carbonyl (C=O) groups is 2. The number of nitrogens with zero attached hydrogens (tertiary/aromatic N) is 1. The monoisotopic (exact) mass is 553 g/mol. The highest BCUT2D eigenvalue weighted by Crippen LogP contribution is 2.42. The van der Waals surface area contributed by atoms with E-state index in [1.807, 2.05) is 6.07 Å². The number of ether oxygens (including phenoxy) is 1.